The highest BCUT2D eigenvalue weighted by Crippen LogP contribution is 2.40. The van der Waals surface area contributed by atoms with Crippen molar-refractivity contribution in [2.45, 2.75) is 301 Å². The van der Waals surface area contributed by atoms with E-state index in [0.29, 0.717) is 19.1 Å². The van der Waals surface area contributed by atoms with Crippen molar-refractivity contribution in [2.24, 2.45) is 124 Å². The molecule has 9 aromatic heterocycles. The summed E-state index contributed by atoms with van der Waals surface area (Å²) in [5.74, 6) is 0.446. The second kappa shape index (κ2) is 56.4. The molecule has 0 aromatic carbocycles. The number of ether oxygens (including phenoxy) is 3. The quantitative estimate of drug-likeness (QED) is 0.0280. The largest absolute Gasteiger partial charge is 0.453 e. The third-order valence-electron chi connectivity index (χ3n) is 22.0. The lowest BCUT2D eigenvalue weighted by Gasteiger charge is -2.33. The summed E-state index contributed by atoms with van der Waals surface area (Å²) in [6.07, 6.45) is 31.3. The molecule has 9 heterocycles. The molecule has 43 heteroatoms. The van der Waals surface area contributed by atoms with Crippen LogP contribution in [-0.2, 0) is 92.5 Å². The first-order chi connectivity index (χ1) is 65.7. The molecule has 0 bridgehead atoms. The SMILES string of the molecule is CC(=O)NC(c1cncn1C)C(C)(C)C.CC(C)C(N)c1cncn1C.CC(C)OC(=O)NC(c1cncn1C)C(C)(C)C.CCNC(=O)NC(c1cncn1C)C(C)(C)C.CCOC(=O)NC(c1cncn1C)C(C)(C)C.COC(=O)NC(c1cncn1C)C(C)(C)C.Cn1cncc1C(NC(=O)NC(C)(C)C)C(C)(C)C.Cn1cncc1C(NC(N)=O)C(C)(C)C.Cn1cncc1C(NS(C)(=O)=O)C(C)(C)C. The molecule has 9 unspecified atom stereocenters. The molecule has 0 aliphatic rings. The molecule has 0 aliphatic carbocycles. The van der Waals surface area contributed by atoms with Crippen LogP contribution in [0.1, 0.15) is 341 Å². The zero-order valence-electron chi connectivity index (χ0n) is 95.2. The van der Waals surface area contributed by atoms with Crippen molar-refractivity contribution in [3.8, 4) is 0 Å². The maximum Gasteiger partial charge on any atom is 0.407 e. The van der Waals surface area contributed by atoms with Gasteiger partial charge in [-0.1, -0.05) is 180 Å². The van der Waals surface area contributed by atoms with Gasteiger partial charge in [0.2, 0.25) is 15.9 Å². The van der Waals surface area contributed by atoms with Crippen LogP contribution in [0.5, 0.6) is 0 Å². The van der Waals surface area contributed by atoms with Gasteiger partial charge in [0.15, 0.2) is 0 Å². The molecule has 144 heavy (non-hydrogen) atoms. The number of nitrogens with one attached hydrogen (secondary N) is 10. The zero-order valence-corrected chi connectivity index (χ0v) is 96.0. The van der Waals surface area contributed by atoms with Crippen LogP contribution in [-0.4, -0.2) is 175 Å². The van der Waals surface area contributed by atoms with Gasteiger partial charge < -0.3 is 115 Å². The van der Waals surface area contributed by atoms with Crippen LogP contribution < -0.4 is 64.0 Å². The van der Waals surface area contributed by atoms with Crippen LogP contribution >= 0.6 is 0 Å². The van der Waals surface area contributed by atoms with Gasteiger partial charge in [0.1, 0.15) is 0 Å². The highest BCUT2D eigenvalue weighted by Gasteiger charge is 2.38. The van der Waals surface area contributed by atoms with Crippen LogP contribution in [0, 0.1) is 49.2 Å². The minimum atomic E-state index is -3.24. The van der Waals surface area contributed by atoms with E-state index in [1.54, 1.807) is 113 Å². The summed E-state index contributed by atoms with van der Waals surface area (Å²) in [5.41, 5.74) is 18.8. The van der Waals surface area contributed by atoms with Crippen molar-refractivity contribution in [3.05, 3.63) is 164 Å². The Morgan fingerprint density at radius 2 is 0.576 bits per heavy atom. The van der Waals surface area contributed by atoms with Gasteiger partial charge in [0, 0.05) is 101 Å². The van der Waals surface area contributed by atoms with Gasteiger partial charge in [0.25, 0.3) is 0 Å². The number of methoxy groups -OCH3 is 1. The maximum absolute atomic E-state index is 12.1. The number of urea groups is 3. The number of hydrogen-bond acceptors (Lipinski definition) is 22. The summed E-state index contributed by atoms with van der Waals surface area (Å²) < 4.78 is 57.2. The van der Waals surface area contributed by atoms with E-state index in [0.717, 1.165) is 51.2 Å². The Kier molecular flexibility index (Phi) is 50.8. The lowest BCUT2D eigenvalue weighted by atomic mass is 9.85. The summed E-state index contributed by atoms with van der Waals surface area (Å²) in [6, 6.07) is -1.72. The lowest BCUT2D eigenvalue weighted by Crippen LogP contribution is -2.49. The molecule has 0 spiro atoms. The molecule has 814 valence electrons. The molecule has 0 aliphatic heterocycles. The normalized spacial score (nSPS) is 13.7. The molecule has 0 saturated heterocycles. The number of primary amides is 1. The van der Waals surface area contributed by atoms with Gasteiger partial charge in [-0.2, -0.15) is 0 Å². The van der Waals surface area contributed by atoms with E-state index in [1.165, 1.54) is 20.3 Å². The summed E-state index contributed by atoms with van der Waals surface area (Å²) >= 11 is 0. The van der Waals surface area contributed by atoms with E-state index in [1.807, 2.05) is 194 Å². The predicted molar refractivity (Wildman–Crippen MR) is 567 cm³/mol. The number of aromatic nitrogens is 18. The second-order valence-electron chi connectivity index (χ2n) is 46.1. The van der Waals surface area contributed by atoms with E-state index in [-0.39, 0.29) is 127 Å². The van der Waals surface area contributed by atoms with E-state index >= 15 is 0 Å². The first-order valence-electron chi connectivity index (χ1n) is 48.3. The summed E-state index contributed by atoms with van der Waals surface area (Å²) in [6.45, 7) is 69.5. The van der Waals surface area contributed by atoms with Crippen molar-refractivity contribution < 1.29 is 56.2 Å². The smallest absolute Gasteiger partial charge is 0.407 e. The number of alkyl carbamates (subject to hydrolysis) is 3. The summed E-state index contributed by atoms with van der Waals surface area (Å²) in [4.78, 5) is 117. The Labute approximate surface area is 858 Å². The molecular weight excluding hydrogens is 1860 g/mol. The Morgan fingerprint density at radius 3 is 0.778 bits per heavy atom. The third kappa shape index (κ3) is 46.3. The van der Waals surface area contributed by atoms with Crippen molar-refractivity contribution in [3.63, 3.8) is 0 Å². The fourth-order valence-electron chi connectivity index (χ4n) is 14.3. The first kappa shape index (κ1) is 130. The summed E-state index contributed by atoms with van der Waals surface area (Å²) in [5, 5.41) is 26.0. The highest BCUT2D eigenvalue weighted by atomic mass is 32.2. The number of sulfonamides is 1. The van der Waals surface area contributed by atoms with Gasteiger partial charge >= 0.3 is 36.4 Å². The predicted octanol–water partition coefficient (Wildman–Crippen LogP) is 16.1. The topological polar surface area (TPSA) is 514 Å². The minimum absolute atomic E-state index is 0.0116. The number of rotatable bonds is 22. The molecule has 0 fully saturated rings. The Bertz CT molecular complexity index is 5300. The minimum Gasteiger partial charge on any atom is -0.453 e. The van der Waals surface area contributed by atoms with Gasteiger partial charge in [-0.15, -0.1) is 0 Å². The summed E-state index contributed by atoms with van der Waals surface area (Å²) in [7, 11) is 15.4. The average Bonchev–Trinajstić information content (AvgIpc) is 1.53. The van der Waals surface area contributed by atoms with Crippen LogP contribution in [0.3, 0.4) is 0 Å². The lowest BCUT2D eigenvalue weighted by molar-refractivity contribution is -0.120. The molecular formula is C101H182N30O12S. The van der Waals surface area contributed by atoms with Crippen molar-refractivity contribution in [2.75, 3.05) is 26.5 Å². The van der Waals surface area contributed by atoms with E-state index in [9.17, 15) is 42.0 Å². The van der Waals surface area contributed by atoms with Crippen molar-refractivity contribution in [1.82, 2.24) is 139 Å². The van der Waals surface area contributed by atoms with Gasteiger partial charge in [-0.3, -0.25) is 4.79 Å². The number of nitrogens with zero attached hydrogens (tertiary/aromatic N) is 18. The van der Waals surface area contributed by atoms with Crippen molar-refractivity contribution >= 4 is 52.3 Å². The number of carbonyl (C=O) groups is 7. The number of nitrogens with two attached hydrogens (primary N) is 2. The van der Waals surface area contributed by atoms with Crippen LogP contribution in [0.2, 0.25) is 0 Å². The fraction of sp³-hybridized carbons (Fsp3) is 0.663. The van der Waals surface area contributed by atoms with E-state index in [2.05, 4.69) is 241 Å². The second-order valence-corrected chi connectivity index (χ2v) is 47.9. The van der Waals surface area contributed by atoms with E-state index < -0.39 is 34.3 Å². The number of amides is 10. The van der Waals surface area contributed by atoms with Crippen LogP contribution in [0.4, 0.5) is 28.8 Å². The molecule has 0 saturated carbocycles. The molecule has 42 nitrogen and oxygen atoms in total. The Morgan fingerprint density at radius 1 is 0.347 bits per heavy atom. The third-order valence-corrected chi connectivity index (χ3v) is 22.6. The standard InChI is InChI=1S/C14H26N4O.C13H23N3O2.C12H22N4O.C12H21N3O2.C11H19N3O2.C11H19N3O.C10H18N4O.C10H19N3O2S.C8H15N3/c1-13(2,3)11(10-8-15-9-18(10)7)16-12(19)17-14(4,5)6;1-9(2)18-12(17)15-11(13(3,4)5)10-7-14-8-16(10)6;1-6-14-11(17)15-10(12(2,3)4)9-7-13-8-16(9)5;1-6-17-11(16)14-10(12(2,3)4)9-7-13-8-15(9)5;1-11(2,3)9(13-10(15)16-5)8-6-12-7-14(8)4;1-8(15)13-10(11(2,3)4)9-6-12-7-14(9)5;1-10(2,3)8(13-9(11)15)7-5-12-6-14(7)4;1-10(2,3)9(12-16(5,14)15)8-6-11-7-13(8)4;1-6(2)8(9)7-4-10-5-11(7)3/h8-9,11H,1-7H3,(H2,16,17,19);7-9,11H,1-6H3,(H,15,17);7-8,10H,6H2,1-5H3,(H2,14,15,17);7-8,10H,6H2,1-5H3,(H,14,16);6-7,9H,1-5H3,(H,13,15);6-7,10H,1-5H3,(H,13,15);5-6,8H,1-4H3,(H3,11,13,15);6-7,9,12H,1-5H3;4-6,8H,9H2,1-3H3. The van der Waals surface area contributed by atoms with Gasteiger partial charge in [-0.05, 0) is 97.7 Å². The van der Waals surface area contributed by atoms with Crippen LogP contribution in [0.15, 0.2) is 113 Å². The average molecular weight is 2040 g/mol. The van der Waals surface area contributed by atoms with Gasteiger partial charge in [-0.25, -0.2) is 86.8 Å². The number of carbonyl (C=O) groups excluding carboxylic acids is 7. The first-order valence-corrected chi connectivity index (χ1v) is 50.2. The van der Waals surface area contributed by atoms with Crippen molar-refractivity contribution in [1.29, 1.82) is 0 Å². The number of imidazole rings is 9. The number of hydrogen-bond donors (Lipinski definition) is 12. The zero-order chi connectivity index (χ0) is 111. The molecule has 10 amide bonds. The number of aryl methyl sites for hydroxylation is 9. The molecule has 9 atom stereocenters. The Balaban J connectivity index is 0.000000812. The molecule has 14 N–H and O–H groups in total. The van der Waals surface area contributed by atoms with E-state index in [4.69, 9.17) is 20.9 Å². The monoisotopic (exact) mass is 2040 g/mol. The Hall–Kier alpha value is -12.2. The molecule has 9 aromatic rings. The fourth-order valence-corrected chi connectivity index (χ4v) is 15.2. The highest BCUT2D eigenvalue weighted by molar-refractivity contribution is 7.88. The molecule has 9 rings (SSSR count). The van der Waals surface area contributed by atoms with Crippen LogP contribution in [0.25, 0.3) is 0 Å². The maximum atomic E-state index is 12.1. The molecule has 0 radical (unpaired) electrons. The van der Waals surface area contributed by atoms with Gasteiger partial charge in [0.05, 0.1) is 226 Å².